The van der Waals surface area contributed by atoms with Crippen LogP contribution in [0.25, 0.3) is 5.69 Å². The van der Waals surface area contributed by atoms with Gasteiger partial charge in [0.05, 0.1) is 11.4 Å². The molecule has 0 saturated carbocycles. The summed E-state index contributed by atoms with van der Waals surface area (Å²) in [6, 6.07) is 17.8. The number of amides is 1. The lowest BCUT2D eigenvalue weighted by molar-refractivity contribution is 0.0956. The second kappa shape index (κ2) is 10.4. The third kappa shape index (κ3) is 5.72. The molecule has 0 aliphatic heterocycles. The Kier molecular flexibility index (Phi) is 7.43. The van der Waals surface area contributed by atoms with Crippen LogP contribution in [-0.2, 0) is 13.1 Å². The SMILES string of the molecule is CCNC(=O)c1ccc(CNC(=NC)NCc2ccccc2-n2nc(C)cc2C)cc1. The highest BCUT2D eigenvalue weighted by Crippen LogP contribution is 2.17. The van der Waals surface area contributed by atoms with E-state index in [0.29, 0.717) is 31.2 Å². The summed E-state index contributed by atoms with van der Waals surface area (Å²) in [5.41, 5.74) is 6.01. The van der Waals surface area contributed by atoms with E-state index < -0.39 is 0 Å². The van der Waals surface area contributed by atoms with Crippen molar-refractivity contribution in [1.29, 1.82) is 0 Å². The molecule has 3 rings (SSSR count). The van der Waals surface area contributed by atoms with Gasteiger partial charge in [0, 0.05) is 37.9 Å². The van der Waals surface area contributed by atoms with Crippen molar-refractivity contribution in [2.45, 2.75) is 33.9 Å². The number of nitrogens with zero attached hydrogens (tertiary/aromatic N) is 3. The number of rotatable bonds is 7. The van der Waals surface area contributed by atoms with Gasteiger partial charge in [-0.15, -0.1) is 0 Å². The summed E-state index contributed by atoms with van der Waals surface area (Å²) in [6.45, 7) is 7.80. The molecule has 0 fully saturated rings. The summed E-state index contributed by atoms with van der Waals surface area (Å²) in [5.74, 6) is 0.650. The number of hydrogen-bond donors (Lipinski definition) is 3. The van der Waals surface area contributed by atoms with E-state index in [1.165, 1.54) is 0 Å². The van der Waals surface area contributed by atoms with Gasteiger partial charge < -0.3 is 16.0 Å². The zero-order valence-electron chi connectivity index (χ0n) is 18.6. The predicted molar refractivity (Wildman–Crippen MR) is 125 cm³/mol. The number of aliphatic imine (C=N–C) groups is 1. The number of guanidine groups is 1. The molecule has 0 atom stereocenters. The molecule has 162 valence electrons. The van der Waals surface area contributed by atoms with Crippen molar-refractivity contribution in [1.82, 2.24) is 25.7 Å². The summed E-state index contributed by atoms with van der Waals surface area (Å²) < 4.78 is 1.97. The highest BCUT2D eigenvalue weighted by Gasteiger charge is 2.09. The first-order valence-corrected chi connectivity index (χ1v) is 10.4. The summed E-state index contributed by atoms with van der Waals surface area (Å²) in [4.78, 5) is 16.2. The Morgan fingerprint density at radius 1 is 1.00 bits per heavy atom. The van der Waals surface area contributed by atoms with Crippen LogP contribution in [0, 0.1) is 13.8 Å². The number of aromatic nitrogens is 2. The Morgan fingerprint density at radius 2 is 1.71 bits per heavy atom. The van der Waals surface area contributed by atoms with E-state index in [2.05, 4.69) is 51.2 Å². The summed E-state index contributed by atoms with van der Waals surface area (Å²) in [5, 5.41) is 14.1. The summed E-state index contributed by atoms with van der Waals surface area (Å²) in [7, 11) is 1.75. The zero-order chi connectivity index (χ0) is 22.2. The molecule has 0 radical (unpaired) electrons. The molecular weight excluding hydrogens is 388 g/mol. The fourth-order valence-electron chi connectivity index (χ4n) is 3.36. The predicted octanol–water partition coefficient (Wildman–Crippen LogP) is 3.10. The number of hydrogen-bond acceptors (Lipinski definition) is 3. The molecule has 0 saturated heterocycles. The van der Waals surface area contributed by atoms with E-state index in [1.807, 2.05) is 54.9 Å². The molecule has 0 aliphatic carbocycles. The number of carbonyl (C=O) groups is 1. The minimum absolute atomic E-state index is 0.0548. The number of carbonyl (C=O) groups excluding carboxylic acids is 1. The van der Waals surface area contributed by atoms with Crippen molar-refractivity contribution in [3.05, 3.63) is 82.7 Å². The van der Waals surface area contributed by atoms with Gasteiger partial charge in [0.1, 0.15) is 0 Å². The van der Waals surface area contributed by atoms with Gasteiger partial charge in [0.25, 0.3) is 5.91 Å². The quantitative estimate of drug-likeness (QED) is 0.407. The molecule has 31 heavy (non-hydrogen) atoms. The standard InChI is InChI=1S/C24H30N6O/c1-5-26-23(31)20-12-10-19(11-13-20)15-27-24(25-4)28-16-21-8-6-7-9-22(21)30-18(3)14-17(2)29-30/h6-14H,5,15-16H2,1-4H3,(H,26,31)(H2,25,27,28). The van der Waals surface area contributed by atoms with Crippen LogP contribution >= 0.6 is 0 Å². The Morgan fingerprint density at radius 3 is 2.35 bits per heavy atom. The van der Waals surface area contributed by atoms with Crippen LogP contribution in [0.2, 0.25) is 0 Å². The number of para-hydroxylation sites is 1. The molecule has 3 aromatic rings. The van der Waals surface area contributed by atoms with Gasteiger partial charge in [-0.3, -0.25) is 9.79 Å². The van der Waals surface area contributed by atoms with Gasteiger partial charge in [0.2, 0.25) is 0 Å². The van der Waals surface area contributed by atoms with E-state index in [-0.39, 0.29) is 5.91 Å². The molecule has 0 aliphatic rings. The summed E-state index contributed by atoms with van der Waals surface area (Å²) in [6.07, 6.45) is 0. The van der Waals surface area contributed by atoms with Crippen molar-refractivity contribution in [3.8, 4) is 5.69 Å². The average Bonchev–Trinajstić information content (AvgIpc) is 3.12. The van der Waals surface area contributed by atoms with E-state index >= 15 is 0 Å². The number of nitrogens with one attached hydrogen (secondary N) is 3. The topological polar surface area (TPSA) is 83.3 Å². The maximum absolute atomic E-state index is 11.9. The summed E-state index contributed by atoms with van der Waals surface area (Å²) >= 11 is 0. The molecule has 1 heterocycles. The maximum Gasteiger partial charge on any atom is 0.251 e. The number of aryl methyl sites for hydroxylation is 2. The lowest BCUT2D eigenvalue weighted by atomic mass is 10.1. The van der Waals surface area contributed by atoms with Crippen molar-refractivity contribution in [3.63, 3.8) is 0 Å². The average molecular weight is 419 g/mol. The molecular formula is C24H30N6O. The van der Waals surface area contributed by atoms with E-state index in [0.717, 1.165) is 28.2 Å². The molecule has 0 spiro atoms. The van der Waals surface area contributed by atoms with Crippen molar-refractivity contribution >= 4 is 11.9 Å². The molecule has 1 aromatic heterocycles. The molecule has 0 bridgehead atoms. The van der Waals surface area contributed by atoms with Gasteiger partial charge in [-0.1, -0.05) is 30.3 Å². The van der Waals surface area contributed by atoms with Gasteiger partial charge >= 0.3 is 0 Å². The van der Waals surface area contributed by atoms with Gasteiger partial charge in [-0.05, 0) is 56.2 Å². The van der Waals surface area contributed by atoms with Gasteiger partial charge in [-0.2, -0.15) is 5.10 Å². The molecule has 2 aromatic carbocycles. The third-order valence-electron chi connectivity index (χ3n) is 4.91. The van der Waals surface area contributed by atoms with Crippen LogP contribution in [-0.4, -0.2) is 35.2 Å². The maximum atomic E-state index is 11.9. The van der Waals surface area contributed by atoms with Gasteiger partial charge in [-0.25, -0.2) is 4.68 Å². The van der Waals surface area contributed by atoms with Crippen LogP contribution in [0.15, 0.2) is 59.6 Å². The first kappa shape index (κ1) is 22.1. The molecule has 7 heteroatoms. The fraction of sp³-hybridized carbons (Fsp3) is 0.292. The molecule has 3 N–H and O–H groups in total. The Balaban J connectivity index is 1.61. The largest absolute Gasteiger partial charge is 0.352 e. The van der Waals surface area contributed by atoms with Crippen molar-refractivity contribution < 1.29 is 4.79 Å². The highest BCUT2D eigenvalue weighted by molar-refractivity contribution is 5.94. The van der Waals surface area contributed by atoms with Crippen LogP contribution in [0.3, 0.4) is 0 Å². The van der Waals surface area contributed by atoms with E-state index in [4.69, 9.17) is 0 Å². The Bertz CT molecular complexity index is 1050. The Hall–Kier alpha value is -3.61. The molecule has 7 nitrogen and oxygen atoms in total. The van der Waals surface area contributed by atoms with Crippen molar-refractivity contribution in [2.24, 2.45) is 4.99 Å². The second-order valence-electron chi connectivity index (χ2n) is 7.30. The van der Waals surface area contributed by atoms with E-state index in [1.54, 1.807) is 7.05 Å². The first-order chi connectivity index (χ1) is 15.0. The molecule has 0 unspecified atom stereocenters. The minimum Gasteiger partial charge on any atom is -0.352 e. The normalized spacial score (nSPS) is 11.3. The Labute approximate surface area is 183 Å². The molecule has 1 amide bonds. The smallest absolute Gasteiger partial charge is 0.251 e. The second-order valence-corrected chi connectivity index (χ2v) is 7.30. The first-order valence-electron chi connectivity index (χ1n) is 10.4. The fourth-order valence-corrected chi connectivity index (χ4v) is 3.36. The van der Waals surface area contributed by atoms with Crippen LogP contribution in [0.5, 0.6) is 0 Å². The lowest BCUT2D eigenvalue weighted by Crippen LogP contribution is -2.36. The highest BCUT2D eigenvalue weighted by atomic mass is 16.1. The van der Waals surface area contributed by atoms with Crippen LogP contribution in [0.1, 0.15) is 39.8 Å². The third-order valence-corrected chi connectivity index (χ3v) is 4.91. The number of benzene rings is 2. The van der Waals surface area contributed by atoms with Crippen molar-refractivity contribution in [2.75, 3.05) is 13.6 Å². The monoisotopic (exact) mass is 418 g/mol. The zero-order valence-corrected chi connectivity index (χ0v) is 18.6. The van der Waals surface area contributed by atoms with Gasteiger partial charge in [0.15, 0.2) is 5.96 Å². The minimum atomic E-state index is -0.0548. The van der Waals surface area contributed by atoms with Crippen LogP contribution in [0.4, 0.5) is 0 Å². The van der Waals surface area contributed by atoms with E-state index in [9.17, 15) is 4.79 Å². The van der Waals surface area contributed by atoms with Crippen LogP contribution < -0.4 is 16.0 Å². The lowest BCUT2D eigenvalue weighted by Gasteiger charge is -2.15.